The average Bonchev–Trinajstić information content (AvgIpc) is 2.92. The molecule has 3 rings (SSSR count). The molecule has 0 aliphatic carbocycles. The van der Waals surface area contributed by atoms with Crippen LogP contribution in [-0.4, -0.2) is 17.9 Å². The molecule has 2 amide bonds. The maximum absolute atomic E-state index is 12.0. The lowest BCUT2D eigenvalue weighted by Crippen LogP contribution is -2.34. The van der Waals surface area contributed by atoms with Crippen molar-refractivity contribution in [3.05, 3.63) is 46.2 Å². The molecule has 1 aromatic heterocycles. The first-order valence-corrected chi connectivity index (χ1v) is 8.00. The Morgan fingerprint density at radius 1 is 1.35 bits per heavy atom. The highest BCUT2D eigenvalue weighted by atomic mass is 32.1. The minimum absolute atomic E-state index is 0.200. The molecule has 0 bridgehead atoms. The van der Waals surface area contributed by atoms with E-state index in [0.29, 0.717) is 17.1 Å². The Morgan fingerprint density at radius 3 is 2.91 bits per heavy atom. The molecule has 118 valence electrons. The van der Waals surface area contributed by atoms with E-state index in [1.165, 1.54) is 11.0 Å². The van der Waals surface area contributed by atoms with Crippen molar-refractivity contribution in [1.29, 1.82) is 0 Å². The molecule has 0 saturated carbocycles. The lowest BCUT2D eigenvalue weighted by atomic mass is 10.2. The Hall–Kier alpha value is -2.60. The van der Waals surface area contributed by atoms with Crippen LogP contribution >= 0.6 is 11.3 Å². The molecule has 6 heteroatoms. The van der Waals surface area contributed by atoms with E-state index >= 15 is 0 Å². The summed E-state index contributed by atoms with van der Waals surface area (Å²) in [5, 5.41) is 5.52. The number of thiophene rings is 1. The van der Waals surface area contributed by atoms with Crippen LogP contribution < -0.4 is 15.4 Å². The van der Waals surface area contributed by atoms with Crippen molar-refractivity contribution >= 4 is 40.6 Å². The molecule has 1 aliphatic heterocycles. The summed E-state index contributed by atoms with van der Waals surface area (Å²) in [5.74, 6) is 0.168. The number of ether oxygens (including phenoxy) is 1. The summed E-state index contributed by atoms with van der Waals surface area (Å²) in [6.45, 7) is 3.71. The third-order valence-corrected chi connectivity index (χ3v) is 4.30. The van der Waals surface area contributed by atoms with Crippen molar-refractivity contribution in [1.82, 2.24) is 0 Å². The third-order valence-electron chi connectivity index (χ3n) is 3.34. The first-order valence-electron chi connectivity index (χ1n) is 7.18. The molecule has 0 unspecified atom stereocenters. The predicted octanol–water partition coefficient (Wildman–Crippen LogP) is 3.43. The van der Waals surface area contributed by atoms with Gasteiger partial charge in [0, 0.05) is 21.5 Å². The van der Waals surface area contributed by atoms with E-state index in [0.717, 1.165) is 4.88 Å². The zero-order valence-corrected chi connectivity index (χ0v) is 13.6. The van der Waals surface area contributed by atoms with Crippen molar-refractivity contribution < 1.29 is 14.3 Å². The van der Waals surface area contributed by atoms with Crippen molar-refractivity contribution in [3.63, 3.8) is 0 Å². The van der Waals surface area contributed by atoms with E-state index < -0.39 is 6.10 Å². The van der Waals surface area contributed by atoms with E-state index in [4.69, 9.17) is 4.74 Å². The van der Waals surface area contributed by atoms with Gasteiger partial charge in [-0.2, -0.15) is 0 Å². The fourth-order valence-electron chi connectivity index (χ4n) is 2.17. The second-order valence-electron chi connectivity index (χ2n) is 5.23. The Morgan fingerprint density at radius 2 is 2.17 bits per heavy atom. The van der Waals surface area contributed by atoms with E-state index in [-0.39, 0.29) is 11.8 Å². The van der Waals surface area contributed by atoms with Gasteiger partial charge in [-0.25, -0.2) is 0 Å². The van der Waals surface area contributed by atoms with Crippen LogP contribution in [0.25, 0.3) is 6.08 Å². The van der Waals surface area contributed by atoms with Gasteiger partial charge >= 0.3 is 0 Å². The molecule has 1 aliphatic rings. The fraction of sp³-hybridized carbons (Fsp3) is 0.176. The van der Waals surface area contributed by atoms with Crippen molar-refractivity contribution in [3.8, 4) is 5.75 Å². The Labute approximate surface area is 138 Å². The molecular formula is C17H16N2O3S. The monoisotopic (exact) mass is 328 g/mol. The van der Waals surface area contributed by atoms with Gasteiger partial charge in [0.2, 0.25) is 5.91 Å². The van der Waals surface area contributed by atoms with Crippen LogP contribution in [-0.2, 0) is 9.59 Å². The number of amides is 2. The summed E-state index contributed by atoms with van der Waals surface area (Å²) < 4.78 is 5.47. The van der Waals surface area contributed by atoms with Gasteiger partial charge in [-0.15, -0.1) is 11.3 Å². The quantitative estimate of drug-likeness (QED) is 0.848. The molecule has 2 N–H and O–H groups in total. The van der Waals surface area contributed by atoms with Gasteiger partial charge in [0.25, 0.3) is 5.91 Å². The van der Waals surface area contributed by atoms with Crippen LogP contribution in [0.4, 0.5) is 11.4 Å². The number of hydrogen-bond donors (Lipinski definition) is 2. The first kappa shape index (κ1) is 15.3. The maximum atomic E-state index is 12.0. The van der Waals surface area contributed by atoms with Crippen LogP contribution in [0.3, 0.4) is 0 Å². The molecule has 23 heavy (non-hydrogen) atoms. The molecule has 2 aromatic rings. The largest absolute Gasteiger partial charge is 0.479 e. The van der Waals surface area contributed by atoms with E-state index in [9.17, 15) is 9.59 Å². The normalized spacial score (nSPS) is 16.6. The second-order valence-corrected chi connectivity index (χ2v) is 6.55. The van der Waals surface area contributed by atoms with E-state index in [1.807, 2.05) is 19.1 Å². The van der Waals surface area contributed by atoms with Crippen molar-refractivity contribution in [2.45, 2.75) is 20.0 Å². The van der Waals surface area contributed by atoms with E-state index in [2.05, 4.69) is 10.6 Å². The van der Waals surface area contributed by atoms with Crippen molar-refractivity contribution in [2.75, 3.05) is 10.6 Å². The van der Waals surface area contributed by atoms with Gasteiger partial charge in [0.1, 0.15) is 5.75 Å². The highest BCUT2D eigenvalue weighted by Crippen LogP contribution is 2.32. The van der Waals surface area contributed by atoms with Crippen LogP contribution in [0.5, 0.6) is 5.75 Å². The lowest BCUT2D eigenvalue weighted by Gasteiger charge is -2.23. The number of carbonyl (C=O) groups is 2. The minimum atomic E-state index is -0.514. The zero-order chi connectivity index (χ0) is 16.4. The number of aryl methyl sites for hydroxylation is 1. The summed E-state index contributed by atoms with van der Waals surface area (Å²) in [5.41, 5.74) is 1.16. The van der Waals surface area contributed by atoms with Gasteiger partial charge in [-0.1, -0.05) is 0 Å². The molecular weight excluding hydrogens is 312 g/mol. The van der Waals surface area contributed by atoms with Gasteiger partial charge in [-0.3, -0.25) is 9.59 Å². The van der Waals surface area contributed by atoms with Crippen LogP contribution in [0.1, 0.15) is 16.7 Å². The van der Waals surface area contributed by atoms with Crippen LogP contribution in [0.15, 0.2) is 36.4 Å². The van der Waals surface area contributed by atoms with E-state index in [1.54, 1.807) is 42.5 Å². The van der Waals surface area contributed by atoms with Crippen LogP contribution in [0.2, 0.25) is 0 Å². The maximum Gasteiger partial charge on any atom is 0.265 e. The van der Waals surface area contributed by atoms with Gasteiger partial charge < -0.3 is 15.4 Å². The highest BCUT2D eigenvalue weighted by Gasteiger charge is 2.23. The van der Waals surface area contributed by atoms with Gasteiger partial charge in [-0.05, 0) is 50.3 Å². The molecule has 2 heterocycles. The summed E-state index contributed by atoms with van der Waals surface area (Å²) in [7, 11) is 0. The number of hydrogen-bond acceptors (Lipinski definition) is 4. The lowest BCUT2D eigenvalue weighted by molar-refractivity contribution is -0.122. The summed E-state index contributed by atoms with van der Waals surface area (Å²) in [6.07, 6.45) is 2.75. The predicted molar refractivity (Wildman–Crippen MR) is 91.9 cm³/mol. The summed E-state index contributed by atoms with van der Waals surface area (Å²) >= 11 is 1.62. The number of benzene rings is 1. The van der Waals surface area contributed by atoms with Crippen LogP contribution in [0, 0.1) is 6.92 Å². The Kier molecular flexibility index (Phi) is 4.16. The first-order chi connectivity index (χ1) is 11.0. The number of fused-ring (bicyclic) bond motifs is 1. The SMILES string of the molecule is Cc1ccc(/C=C/C(=O)Nc2ccc3c(c2)NC(=O)[C@H](C)O3)s1. The number of anilines is 2. The average molecular weight is 328 g/mol. The highest BCUT2D eigenvalue weighted by molar-refractivity contribution is 7.12. The topological polar surface area (TPSA) is 67.4 Å². The van der Waals surface area contributed by atoms with Gasteiger partial charge in [0.05, 0.1) is 5.69 Å². The Balaban J connectivity index is 1.68. The molecule has 1 atom stereocenters. The molecule has 5 nitrogen and oxygen atoms in total. The fourth-order valence-corrected chi connectivity index (χ4v) is 2.95. The summed E-state index contributed by atoms with van der Waals surface area (Å²) in [4.78, 5) is 25.8. The van der Waals surface area contributed by atoms with Gasteiger partial charge in [0.15, 0.2) is 6.10 Å². The molecule has 0 fully saturated rings. The smallest absolute Gasteiger partial charge is 0.265 e. The Bertz CT molecular complexity index is 795. The molecule has 1 aromatic carbocycles. The zero-order valence-electron chi connectivity index (χ0n) is 12.8. The molecule has 0 spiro atoms. The summed E-state index contributed by atoms with van der Waals surface area (Å²) in [6, 6.07) is 9.13. The second kappa shape index (κ2) is 6.26. The van der Waals surface area contributed by atoms with Crippen molar-refractivity contribution in [2.24, 2.45) is 0 Å². The number of carbonyl (C=O) groups excluding carboxylic acids is 2. The molecule has 0 radical (unpaired) electrons. The molecule has 0 saturated heterocycles. The third kappa shape index (κ3) is 3.60. The minimum Gasteiger partial charge on any atom is -0.479 e. The standard InChI is InChI=1S/C17H16N2O3S/c1-10-3-5-13(23-10)6-8-16(20)18-12-4-7-15-14(9-12)19-17(21)11(2)22-15/h3-9,11H,1-2H3,(H,18,20)(H,19,21)/b8-6+/t11-/m0/s1. The number of rotatable bonds is 3. The number of nitrogens with one attached hydrogen (secondary N) is 2.